The molecule has 0 aromatic rings. The van der Waals surface area contributed by atoms with E-state index in [-0.39, 0.29) is 18.4 Å². The Labute approximate surface area is 118 Å². The molecule has 0 aromatic carbocycles. The van der Waals surface area contributed by atoms with Crippen molar-refractivity contribution in [1.29, 1.82) is 0 Å². The van der Waals surface area contributed by atoms with E-state index in [4.69, 9.17) is 11.5 Å². The molecule has 1 aliphatic rings. The summed E-state index contributed by atoms with van der Waals surface area (Å²) in [5.74, 6) is -1.61. The molecule has 20 heavy (non-hydrogen) atoms. The Morgan fingerprint density at radius 2 is 2.05 bits per heavy atom. The van der Waals surface area contributed by atoms with Crippen molar-refractivity contribution in [2.24, 2.45) is 23.3 Å². The first-order chi connectivity index (χ1) is 9.18. The second-order valence-electron chi connectivity index (χ2n) is 5.94. The monoisotopic (exact) mass is 287 g/mol. The van der Waals surface area contributed by atoms with Crippen LogP contribution in [0.25, 0.3) is 0 Å². The van der Waals surface area contributed by atoms with Gasteiger partial charge in [-0.25, -0.2) is 0 Å². The van der Waals surface area contributed by atoms with Crippen molar-refractivity contribution < 1.29 is 19.8 Å². The van der Waals surface area contributed by atoms with Gasteiger partial charge in [-0.2, -0.15) is 0 Å². The second-order valence-corrected chi connectivity index (χ2v) is 5.94. The number of aliphatic hydroxyl groups excluding tert-OH is 1. The minimum atomic E-state index is -1.32. The van der Waals surface area contributed by atoms with E-state index in [1.165, 1.54) is 6.92 Å². The largest absolute Gasteiger partial charge is 0.480 e. The molecule has 0 unspecified atom stereocenters. The van der Waals surface area contributed by atoms with E-state index in [0.717, 1.165) is 6.42 Å². The van der Waals surface area contributed by atoms with Gasteiger partial charge >= 0.3 is 5.97 Å². The minimum Gasteiger partial charge on any atom is -0.480 e. The van der Waals surface area contributed by atoms with E-state index in [0.29, 0.717) is 12.8 Å². The average molecular weight is 287 g/mol. The van der Waals surface area contributed by atoms with Gasteiger partial charge in [-0.3, -0.25) is 9.59 Å². The number of aliphatic carboxylic acids is 1. The molecule has 1 aliphatic carbocycles. The number of hydrogen-bond donors (Lipinski definition) is 5. The molecule has 0 spiro atoms. The lowest BCUT2D eigenvalue weighted by Crippen LogP contribution is -2.60. The summed E-state index contributed by atoms with van der Waals surface area (Å²) in [7, 11) is 0. The summed E-state index contributed by atoms with van der Waals surface area (Å²) in [6.07, 6.45) is 0.970. The topological polar surface area (TPSA) is 139 Å². The van der Waals surface area contributed by atoms with Gasteiger partial charge in [-0.05, 0) is 25.7 Å². The fourth-order valence-electron chi connectivity index (χ4n) is 2.70. The number of aliphatic hydroxyl groups is 1. The first-order valence-electron chi connectivity index (χ1n) is 6.92. The Bertz CT molecular complexity index is 375. The zero-order valence-corrected chi connectivity index (χ0v) is 12.0. The summed E-state index contributed by atoms with van der Waals surface area (Å²) in [5.41, 5.74) is 10.2. The van der Waals surface area contributed by atoms with Gasteiger partial charge in [0.1, 0.15) is 11.6 Å². The number of carboxylic acids is 1. The van der Waals surface area contributed by atoms with Crippen LogP contribution in [0.1, 0.15) is 33.1 Å². The Morgan fingerprint density at radius 3 is 2.55 bits per heavy atom. The summed E-state index contributed by atoms with van der Waals surface area (Å²) < 4.78 is 0. The highest BCUT2D eigenvalue weighted by Crippen LogP contribution is 2.35. The van der Waals surface area contributed by atoms with Crippen molar-refractivity contribution in [2.75, 3.05) is 6.54 Å². The average Bonchev–Trinajstić information content (AvgIpc) is 2.36. The van der Waals surface area contributed by atoms with E-state index >= 15 is 0 Å². The number of rotatable bonds is 5. The fourth-order valence-corrected chi connectivity index (χ4v) is 2.70. The number of carboxylic acid groups (broad SMARTS) is 1. The SMILES string of the molecule is C[C@@H]1CC[C@@H](CNC(=O)[C@@H](N)[C@@H](C)O)[C@@](N)(C(=O)O)C1. The molecule has 1 fully saturated rings. The Kier molecular flexibility index (Phi) is 5.50. The van der Waals surface area contributed by atoms with E-state index in [9.17, 15) is 19.8 Å². The maximum Gasteiger partial charge on any atom is 0.324 e. The van der Waals surface area contributed by atoms with Gasteiger partial charge < -0.3 is 27.0 Å². The molecule has 0 saturated heterocycles. The molecule has 0 radical (unpaired) electrons. The molecule has 5 atom stereocenters. The number of carbonyl (C=O) groups excluding carboxylic acids is 1. The van der Waals surface area contributed by atoms with Crippen LogP contribution in [0.2, 0.25) is 0 Å². The number of nitrogens with two attached hydrogens (primary N) is 2. The van der Waals surface area contributed by atoms with Gasteiger partial charge in [0.05, 0.1) is 6.10 Å². The molecule has 116 valence electrons. The minimum absolute atomic E-state index is 0.161. The number of carbonyl (C=O) groups is 2. The number of nitrogens with one attached hydrogen (secondary N) is 1. The normalized spacial score (nSPS) is 33.2. The molecule has 0 aromatic heterocycles. The van der Waals surface area contributed by atoms with Crippen LogP contribution in [-0.4, -0.2) is 46.3 Å². The van der Waals surface area contributed by atoms with Crippen LogP contribution in [0.15, 0.2) is 0 Å². The lowest BCUT2D eigenvalue weighted by atomic mass is 9.69. The maximum atomic E-state index is 11.7. The van der Waals surface area contributed by atoms with Crippen molar-refractivity contribution in [3.63, 3.8) is 0 Å². The van der Waals surface area contributed by atoms with Crippen LogP contribution in [-0.2, 0) is 9.59 Å². The zero-order valence-electron chi connectivity index (χ0n) is 12.0. The highest BCUT2D eigenvalue weighted by atomic mass is 16.4. The highest BCUT2D eigenvalue weighted by Gasteiger charge is 2.46. The quantitative estimate of drug-likeness (QED) is 0.441. The van der Waals surface area contributed by atoms with Gasteiger partial charge in [0.15, 0.2) is 0 Å². The van der Waals surface area contributed by atoms with Crippen LogP contribution in [0.4, 0.5) is 0 Å². The third-order valence-corrected chi connectivity index (χ3v) is 4.17. The third kappa shape index (κ3) is 3.68. The highest BCUT2D eigenvalue weighted by molar-refractivity contribution is 5.82. The van der Waals surface area contributed by atoms with Crippen LogP contribution < -0.4 is 16.8 Å². The molecule has 0 bridgehead atoms. The summed E-state index contributed by atoms with van der Waals surface area (Å²) in [6.45, 7) is 3.56. The lowest BCUT2D eigenvalue weighted by Gasteiger charge is -2.40. The lowest BCUT2D eigenvalue weighted by molar-refractivity contribution is -0.148. The Hall–Kier alpha value is -1.18. The second kappa shape index (κ2) is 6.51. The van der Waals surface area contributed by atoms with E-state index in [2.05, 4.69) is 5.32 Å². The van der Waals surface area contributed by atoms with E-state index in [1.54, 1.807) is 0 Å². The van der Waals surface area contributed by atoms with Crippen LogP contribution in [0.5, 0.6) is 0 Å². The summed E-state index contributed by atoms with van der Waals surface area (Å²) in [5, 5.41) is 21.2. The number of amides is 1. The van der Waals surface area contributed by atoms with Crippen molar-refractivity contribution in [2.45, 2.75) is 50.8 Å². The van der Waals surface area contributed by atoms with Gasteiger partial charge in [0.2, 0.25) is 5.91 Å². The predicted molar refractivity (Wildman–Crippen MR) is 73.7 cm³/mol. The summed E-state index contributed by atoms with van der Waals surface area (Å²) in [4.78, 5) is 23.1. The molecule has 1 amide bonds. The molecule has 0 heterocycles. The standard InChI is InChI=1S/C13H25N3O4/c1-7-3-4-9(13(15,5-7)12(19)20)6-16-11(18)10(14)8(2)17/h7-10,17H,3-6,14-15H2,1-2H3,(H,16,18)(H,19,20)/t7-,8-,9+,10+,13-/m1/s1. The van der Waals surface area contributed by atoms with Gasteiger partial charge in [0.25, 0.3) is 0 Å². The van der Waals surface area contributed by atoms with Crippen LogP contribution in [0.3, 0.4) is 0 Å². The number of hydrogen-bond acceptors (Lipinski definition) is 5. The van der Waals surface area contributed by atoms with Crippen molar-refractivity contribution in [1.82, 2.24) is 5.32 Å². The van der Waals surface area contributed by atoms with E-state index in [1.807, 2.05) is 6.92 Å². The van der Waals surface area contributed by atoms with Crippen molar-refractivity contribution in [3.05, 3.63) is 0 Å². The molecular weight excluding hydrogens is 262 g/mol. The maximum absolute atomic E-state index is 11.7. The Balaban J connectivity index is 2.66. The summed E-state index contributed by atoms with van der Waals surface area (Å²) >= 11 is 0. The predicted octanol–water partition coefficient (Wildman–Crippen LogP) is -0.971. The first-order valence-corrected chi connectivity index (χ1v) is 6.92. The van der Waals surface area contributed by atoms with Crippen LogP contribution in [0, 0.1) is 11.8 Å². The van der Waals surface area contributed by atoms with Crippen molar-refractivity contribution in [3.8, 4) is 0 Å². The zero-order chi connectivity index (χ0) is 15.5. The first kappa shape index (κ1) is 16.9. The van der Waals surface area contributed by atoms with Crippen LogP contribution >= 0.6 is 0 Å². The van der Waals surface area contributed by atoms with E-state index < -0.39 is 29.6 Å². The molecule has 7 N–H and O–H groups in total. The third-order valence-electron chi connectivity index (χ3n) is 4.17. The van der Waals surface area contributed by atoms with Gasteiger partial charge in [-0.15, -0.1) is 0 Å². The molecule has 7 nitrogen and oxygen atoms in total. The molecule has 1 saturated carbocycles. The smallest absolute Gasteiger partial charge is 0.324 e. The molecule has 1 rings (SSSR count). The van der Waals surface area contributed by atoms with Gasteiger partial charge in [-0.1, -0.05) is 13.3 Å². The molecule has 0 aliphatic heterocycles. The summed E-state index contributed by atoms with van der Waals surface area (Å²) in [6, 6.07) is -1.02. The van der Waals surface area contributed by atoms with Gasteiger partial charge in [0, 0.05) is 12.5 Å². The van der Waals surface area contributed by atoms with Crippen molar-refractivity contribution >= 4 is 11.9 Å². The Morgan fingerprint density at radius 1 is 1.45 bits per heavy atom. The molecule has 7 heteroatoms. The molecular formula is C13H25N3O4. The fraction of sp³-hybridized carbons (Fsp3) is 0.846.